The molecule has 5 heteroatoms. The van der Waals surface area contributed by atoms with E-state index < -0.39 is 0 Å². The zero-order valence-electron chi connectivity index (χ0n) is 19.0. The van der Waals surface area contributed by atoms with Crippen molar-refractivity contribution in [2.24, 2.45) is 0 Å². The second kappa shape index (κ2) is 11.1. The fourth-order valence-electron chi connectivity index (χ4n) is 3.90. The lowest BCUT2D eigenvalue weighted by Gasteiger charge is -2.16. The highest BCUT2D eigenvalue weighted by atomic mass is 16.5. The molecule has 4 aromatic rings. The molecular formula is C29H26N2O3. The van der Waals surface area contributed by atoms with Gasteiger partial charge < -0.3 is 10.1 Å². The predicted octanol–water partition coefficient (Wildman–Crippen LogP) is 6.48. The van der Waals surface area contributed by atoms with Crippen LogP contribution >= 0.6 is 0 Å². The third-order valence-electron chi connectivity index (χ3n) is 5.42. The standard InChI is InChI=1S/C29H26N2O3/c1-21(32)34-29(24-13-6-3-7-14-24)25(22-11-4-2-5-12-22)17-9-19-27(33)31-26-18-8-15-23-16-10-20-30-28(23)26/h2-8,10-16,18,20H,9,17,19H2,1H3,(H,31,33)/b29-25-. The predicted molar refractivity (Wildman–Crippen MR) is 136 cm³/mol. The molecule has 0 saturated heterocycles. The number of para-hydroxylation sites is 1. The monoisotopic (exact) mass is 450 g/mol. The number of rotatable bonds is 8. The van der Waals surface area contributed by atoms with Gasteiger partial charge in [-0.3, -0.25) is 14.6 Å². The zero-order valence-corrected chi connectivity index (χ0v) is 19.0. The van der Waals surface area contributed by atoms with E-state index in [0.29, 0.717) is 30.7 Å². The van der Waals surface area contributed by atoms with Crippen molar-refractivity contribution in [1.82, 2.24) is 4.98 Å². The summed E-state index contributed by atoms with van der Waals surface area (Å²) in [6, 6.07) is 29.0. The van der Waals surface area contributed by atoms with Gasteiger partial charge in [0.05, 0.1) is 11.2 Å². The number of allylic oxidation sites excluding steroid dienone is 1. The molecular weight excluding hydrogens is 424 g/mol. The summed E-state index contributed by atoms with van der Waals surface area (Å²) in [6.07, 6.45) is 3.20. The summed E-state index contributed by atoms with van der Waals surface area (Å²) in [6.45, 7) is 1.40. The second-order valence-corrected chi connectivity index (χ2v) is 7.92. The van der Waals surface area contributed by atoms with Gasteiger partial charge in [-0.1, -0.05) is 78.9 Å². The summed E-state index contributed by atoms with van der Waals surface area (Å²) < 4.78 is 5.69. The molecule has 0 aliphatic carbocycles. The molecule has 0 unspecified atom stereocenters. The highest BCUT2D eigenvalue weighted by molar-refractivity contribution is 6.00. The molecule has 1 aromatic heterocycles. The average molecular weight is 451 g/mol. The van der Waals surface area contributed by atoms with Crippen molar-refractivity contribution in [2.75, 3.05) is 5.32 Å². The number of fused-ring (bicyclic) bond motifs is 1. The molecule has 3 aromatic carbocycles. The fraction of sp³-hybridized carbons (Fsp3) is 0.138. The lowest BCUT2D eigenvalue weighted by Crippen LogP contribution is -2.12. The minimum Gasteiger partial charge on any atom is -0.426 e. The Balaban J connectivity index is 1.55. The first-order valence-electron chi connectivity index (χ1n) is 11.3. The van der Waals surface area contributed by atoms with Crippen molar-refractivity contribution in [2.45, 2.75) is 26.2 Å². The van der Waals surface area contributed by atoms with Crippen LogP contribution in [0.1, 0.15) is 37.3 Å². The summed E-state index contributed by atoms with van der Waals surface area (Å²) in [5.41, 5.74) is 4.14. The number of carbonyl (C=O) groups is 2. The highest BCUT2D eigenvalue weighted by Crippen LogP contribution is 2.32. The molecule has 1 N–H and O–H groups in total. The van der Waals surface area contributed by atoms with Crippen LogP contribution in [0.2, 0.25) is 0 Å². The van der Waals surface area contributed by atoms with E-state index in [-0.39, 0.29) is 11.9 Å². The third kappa shape index (κ3) is 5.75. The Morgan fingerprint density at radius 1 is 0.794 bits per heavy atom. The molecule has 0 spiro atoms. The number of ether oxygens (including phenoxy) is 1. The summed E-state index contributed by atoms with van der Waals surface area (Å²) in [5, 5.41) is 3.96. The fourth-order valence-corrected chi connectivity index (χ4v) is 3.90. The van der Waals surface area contributed by atoms with Gasteiger partial charge in [-0.25, -0.2) is 0 Å². The number of esters is 1. The maximum absolute atomic E-state index is 12.8. The second-order valence-electron chi connectivity index (χ2n) is 7.92. The topological polar surface area (TPSA) is 68.3 Å². The molecule has 0 aliphatic rings. The normalized spacial score (nSPS) is 11.6. The number of benzene rings is 3. The Hall–Kier alpha value is -4.25. The first kappa shape index (κ1) is 22.9. The number of amides is 1. The lowest BCUT2D eigenvalue weighted by atomic mass is 9.96. The minimum atomic E-state index is -0.381. The average Bonchev–Trinajstić information content (AvgIpc) is 2.87. The molecule has 0 aliphatic heterocycles. The minimum absolute atomic E-state index is 0.0840. The molecule has 34 heavy (non-hydrogen) atoms. The first-order valence-corrected chi connectivity index (χ1v) is 11.3. The van der Waals surface area contributed by atoms with E-state index in [1.165, 1.54) is 6.92 Å². The van der Waals surface area contributed by atoms with Crippen LogP contribution in [0.5, 0.6) is 0 Å². The SMILES string of the molecule is CC(=O)O/C(=C(/CCCC(=O)Nc1cccc2cccnc12)c1ccccc1)c1ccccc1. The van der Waals surface area contributed by atoms with E-state index in [1.807, 2.05) is 91.0 Å². The van der Waals surface area contributed by atoms with Crippen molar-refractivity contribution < 1.29 is 14.3 Å². The smallest absolute Gasteiger partial charge is 0.308 e. The number of hydrogen-bond acceptors (Lipinski definition) is 4. The van der Waals surface area contributed by atoms with Gasteiger partial charge in [0.15, 0.2) is 0 Å². The summed E-state index contributed by atoms with van der Waals surface area (Å²) in [7, 11) is 0. The number of aromatic nitrogens is 1. The molecule has 170 valence electrons. The van der Waals surface area contributed by atoms with Crippen molar-refractivity contribution in [1.29, 1.82) is 0 Å². The van der Waals surface area contributed by atoms with Gasteiger partial charge >= 0.3 is 5.97 Å². The van der Waals surface area contributed by atoms with Crippen molar-refractivity contribution in [3.63, 3.8) is 0 Å². The van der Waals surface area contributed by atoms with Gasteiger partial charge in [0, 0.05) is 36.1 Å². The van der Waals surface area contributed by atoms with Crippen LogP contribution < -0.4 is 5.32 Å². The Morgan fingerprint density at radius 3 is 2.18 bits per heavy atom. The Bertz CT molecular complexity index is 1310. The molecule has 0 radical (unpaired) electrons. The molecule has 0 saturated carbocycles. The van der Waals surface area contributed by atoms with Gasteiger partial charge in [-0.05, 0) is 30.5 Å². The van der Waals surface area contributed by atoms with Gasteiger partial charge in [0.2, 0.25) is 5.91 Å². The van der Waals surface area contributed by atoms with Crippen LogP contribution in [-0.4, -0.2) is 16.9 Å². The molecule has 0 atom stereocenters. The molecule has 5 nitrogen and oxygen atoms in total. The number of pyridine rings is 1. The van der Waals surface area contributed by atoms with Crippen molar-refractivity contribution in [3.8, 4) is 0 Å². The number of nitrogens with one attached hydrogen (secondary N) is 1. The van der Waals surface area contributed by atoms with Crippen molar-refractivity contribution >= 4 is 39.8 Å². The largest absolute Gasteiger partial charge is 0.426 e. The molecule has 4 rings (SSSR count). The van der Waals surface area contributed by atoms with Crippen LogP contribution in [0.4, 0.5) is 5.69 Å². The van der Waals surface area contributed by atoms with E-state index in [1.54, 1.807) is 6.20 Å². The zero-order chi connectivity index (χ0) is 23.8. The third-order valence-corrected chi connectivity index (χ3v) is 5.42. The van der Waals surface area contributed by atoms with Crippen LogP contribution in [-0.2, 0) is 14.3 Å². The van der Waals surface area contributed by atoms with E-state index >= 15 is 0 Å². The molecule has 0 bridgehead atoms. The van der Waals surface area contributed by atoms with E-state index in [0.717, 1.165) is 27.6 Å². The van der Waals surface area contributed by atoms with E-state index in [2.05, 4.69) is 10.3 Å². The van der Waals surface area contributed by atoms with E-state index in [4.69, 9.17) is 4.74 Å². The quantitative estimate of drug-likeness (QED) is 0.190. The summed E-state index contributed by atoms with van der Waals surface area (Å²) in [4.78, 5) is 29.1. The van der Waals surface area contributed by atoms with Gasteiger partial charge in [0.1, 0.15) is 5.76 Å². The lowest BCUT2D eigenvalue weighted by molar-refractivity contribution is -0.134. The van der Waals surface area contributed by atoms with Crippen LogP contribution in [0.25, 0.3) is 22.2 Å². The van der Waals surface area contributed by atoms with Crippen molar-refractivity contribution in [3.05, 3.63) is 108 Å². The van der Waals surface area contributed by atoms with Gasteiger partial charge in [-0.15, -0.1) is 0 Å². The van der Waals surface area contributed by atoms with Gasteiger partial charge in [0.25, 0.3) is 0 Å². The number of carbonyl (C=O) groups excluding carboxylic acids is 2. The molecule has 1 heterocycles. The van der Waals surface area contributed by atoms with Gasteiger partial charge in [-0.2, -0.15) is 0 Å². The van der Waals surface area contributed by atoms with Crippen LogP contribution in [0, 0.1) is 0 Å². The Kier molecular flexibility index (Phi) is 7.45. The first-order chi connectivity index (χ1) is 16.6. The van der Waals surface area contributed by atoms with E-state index in [9.17, 15) is 9.59 Å². The highest BCUT2D eigenvalue weighted by Gasteiger charge is 2.16. The maximum atomic E-state index is 12.8. The maximum Gasteiger partial charge on any atom is 0.308 e. The van der Waals surface area contributed by atoms with Crippen LogP contribution in [0.3, 0.4) is 0 Å². The summed E-state index contributed by atoms with van der Waals surface area (Å²) >= 11 is 0. The number of hydrogen-bond donors (Lipinski definition) is 1. The van der Waals surface area contributed by atoms with Crippen LogP contribution in [0.15, 0.2) is 97.2 Å². The molecule has 1 amide bonds. The number of anilines is 1. The Labute approximate surface area is 199 Å². The molecule has 0 fully saturated rings. The Morgan fingerprint density at radius 2 is 1.47 bits per heavy atom. The summed E-state index contributed by atoms with van der Waals surface area (Å²) in [5.74, 6) is 0.0609. The number of nitrogens with zero attached hydrogens (tertiary/aromatic N) is 1.